The van der Waals surface area contributed by atoms with Crippen LogP contribution in [0.15, 0.2) is 52.9 Å². The third-order valence-corrected chi connectivity index (χ3v) is 6.36. The van der Waals surface area contributed by atoms with Crippen molar-refractivity contribution in [3.63, 3.8) is 0 Å². The Morgan fingerprint density at radius 3 is 2.58 bits per heavy atom. The number of nitrogens with zero attached hydrogens (tertiary/aromatic N) is 2. The Kier molecular flexibility index (Phi) is 7.39. The molecule has 0 radical (unpaired) electrons. The van der Waals surface area contributed by atoms with Gasteiger partial charge in [0.2, 0.25) is 11.8 Å². The number of unbranched alkanes of at least 4 members (excludes halogenated alkanes) is 6. The van der Waals surface area contributed by atoms with Crippen molar-refractivity contribution in [2.75, 3.05) is 6.54 Å². The standard InChI is InChI=1S/C27H34N2O2/c1-2-3-4-5-6-7-11-16-26(30)29-19-12-15-24(29)27-28-23-20-22(17-18-25(23)31-27)21-13-9-8-10-14-21/h8-10,13-14,17-18,20,24H,2-7,11-12,15-16,19H2,1H3/t24-/m0/s1. The highest BCUT2D eigenvalue weighted by molar-refractivity contribution is 5.81. The van der Waals surface area contributed by atoms with Crippen molar-refractivity contribution >= 4 is 17.0 Å². The largest absolute Gasteiger partial charge is 0.438 e. The van der Waals surface area contributed by atoms with Crippen LogP contribution in [0.4, 0.5) is 0 Å². The van der Waals surface area contributed by atoms with Gasteiger partial charge in [-0.3, -0.25) is 4.79 Å². The highest BCUT2D eigenvalue weighted by atomic mass is 16.3. The lowest BCUT2D eigenvalue weighted by atomic mass is 10.1. The van der Waals surface area contributed by atoms with Gasteiger partial charge in [0, 0.05) is 13.0 Å². The molecule has 4 nitrogen and oxygen atoms in total. The molecule has 1 fully saturated rings. The van der Waals surface area contributed by atoms with Gasteiger partial charge >= 0.3 is 0 Å². The molecule has 164 valence electrons. The van der Waals surface area contributed by atoms with Crippen molar-refractivity contribution in [1.29, 1.82) is 0 Å². The van der Waals surface area contributed by atoms with E-state index in [1.165, 1.54) is 37.7 Å². The van der Waals surface area contributed by atoms with E-state index in [-0.39, 0.29) is 11.9 Å². The fourth-order valence-corrected chi connectivity index (χ4v) is 4.60. The van der Waals surface area contributed by atoms with Crippen molar-refractivity contribution in [2.24, 2.45) is 0 Å². The number of fused-ring (bicyclic) bond motifs is 1. The van der Waals surface area contributed by atoms with Crippen molar-refractivity contribution in [2.45, 2.75) is 77.2 Å². The zero-order valence-electron chi connectivity index (χ0n) is 18.7. The van der Waals surface area contributed by atoms with Gasteiger partial charge in [-0.25, -0.2) is 4.98 Å². The smallest absolute Gasteiger partial charge is 0.223 e. The predicted molar refractivity (Wildman–Crippen MR) is 126 cm³/mol. The van der Waals surface area contributed by atoms with E-state index in [0.717, 1.165) is 48.9 Å². The lowest BCUT2D eigenvalue weighted by Gasteiger charge is -2.22. The lowest BCUT2D eigenvalue weighted by Crippen LogP contribution is -2.30. The molecule has 1 aliphatic rings. The molecule has 0 spiro atoms. The Morgan fingerprint density at radius 1 is 1.00 bits per heavy atom. The van der Waals surface area contributed by atoms with E-state index in [0.29, 0.717) is 12.3 Å². The maximum Gasteiger partial charge on any atom is 0.223 e. The van der Waals surface area contributed by atoms with E-state index in [4.69, 9.17) is 9.40 Å². The van der Waals surface area contributed by atoms with Gasteiger partial charge in [0.05, 0.1) is 0 Å². The molecule has 4 rings (SSSR count). The van der Waals surface area contributed by atoms with E-state index in [9.17, 15) is 4.79 Å². The van der Waals surface area contributed by atoms with Crippen LogP contribution in [0.3, 0.4) is 0 Å². The first-order valence-electron chi connectivity index (χ1n) is 12.0. The molecular formula is C27H34N2O2. The van der Waals surface area contributed by atoms with Crippen molar-refractivity contribution in [3.8, 4) is 11.1 Å². The topological polar surface area (TPSA) is 46.3 Å². The fourth-order valence-electron chi connectivity index (χ4n) is 4.60. The van der Waals surface area contributed by atoms with Gasteiger partial charge in [0.1, 0.15) is 11.6 Å². The highest BCUT2D eigenvalue weighted by Gasteiger charge is 2.33. The third kappa shape index (κ3) is 5.36. The quantitative estimate of drug-likeness (QED) is 0.325. The Labute approximate surface area is 185 Å². The summed E-state index contributed by atoms with van der Waals surface area (Å²) < 4.78 is 6.10. The van der Waals surface area contributed by atoms with Crippen LogP contribution in [0.1, 0.15) is 83.1 Å². The van der Waals surface area contributed by atoms with Gasteiger partial charge in [0.25, 0.3) is 0 Å². The summed E-state index contributed by atoms with van der Waals surface area (Å²) in [7, 11) is 0. The van der Waals surface area contributed by atoms with Gasteiger partial charge in [0.15, 0.2) is 5.58 Å². The maximum absolute atomic E-state index is 12.9. The van der Waals surface area contributed by atoms with Crippen LogP contribution in [0.2, 0.25) is 0 Å². The molecule has 2 aromatic carbocycles. The second kappa shape index (κ2) is 10.6. The van der Waals surface area contributed by atoms with Crippen LogP contribution >= 0.6 is 0 Å². The molecule has 1 saturated heterocycles. The van der Waals surface area contributed by atoms with E-state index in [1.807, 2.05) is 29.2 Å². The van der Waals surface area contributed by atoms with Crippen molar-refractivity contribution in [1.82, 2.24) is 9.88 Å². The molecular weight excluding hydrogens is 384 g/mol. The van der Waals surface area contributed by atoms with Crippen LogP contribution in [-0.4, -0.2) is 22.3 Å². The number of benzene rings is 2. The number of likely N-dealkylation sites (tertiary alicyclic amines) is 1. The first-order chi connectivity index (χ1) is 15.3. The fraction of sp³-hybridized carbons (Fsp3) is 0.481. The minimum atomic E-state index is -0.0235. The first-order valence-corrected chi connectivity index (χ1v) is 12.0. The molecule has 31 heavy (non-hydrogen) atoms. The third-order valence-electron chi connectivity index (χ3n) is 6.36. The van der Waals surface area contributed by atoms with Gasteiger partial charge < -0.3 is 9.32 Å². The van der Waals surface area contributed by atoms with Crippen LogP contribution < -0.4 is 0 Å². The van der Waals surface area contributed by atoms with Crippen LogP contribution in [0.25, 0.3) is 22.2 Å². The molecule has 3 aromatic rings. The number of aromatic nitrogens is 1. The minimum Gasteiger partial charge on any atom is -0.438 e. The summed E-state index contributed by atoms with van der Waals surface area (Å²) >= 11 is 0. The zero-order chi connectivity index (χ0) is 21.5. The SMILES string of the molecule is CCCCCCCCCC(=O)N1CCC[C@H]1c1nc2cc(-c3ccccc3)ccc2o1. The van der Waals surface area contributed by atoms with Crippen LogP contribution in [-0.2, 0) is 4.79 Å². The number of carbonyl (C=O) groups excluding carboxylic acids is 1. The molecule has 1 atom stereocenters. The monoisotopic (exact) mass is 418 g/mol. The number of rotatable bonds is 10. The summed E-state index contributed by atoms with van der Waals surface area (Å²) in [4.78, 5) is 19.7. The van der Waals surface area contributed by atoms with E-state index in [2.05, 4.69) is 31.2 Å². The van der Waals surface area contributed by atoms with E-state index in [1.54, 1.807) is 0 Å². The normalized spacial score (nSPS) is 16.3. The second-order valence-corrected chi connectivity index (χ2v) is 8.72. The Morgan fingerprint density at radius 2 is 1.77 bits per heavy atom. The zero-order valence-corrected chi connectivity index (χ0v) is 18.7. The van der Waals surface area contributed by atoms with E-state index < -0.39 is 0 Å². The lowest BCUT2D eigenvalue weighted by molar-refractivity contribution is -0.132. The highest BCUT2D eigenvalue weighted by Crippen LogP contribution is 2.35. The van der Waals surface area contributed by atoms with Crippen molar-refractivity contribution in [3.05, 3.63) is 54.4 Å². The molecule has 1 amide bonds. The Balaban J connectivity index is 1.38. The average molecular weight is 419 g/mol. The number of amides is 1. The van der Waals surface area contributed by atoms with Gasteiger partial charge in [-0.05, 0) is 42.5 Å². The Hall–Kier alpha value is -2.62. The molecule has 2 heterocycles. The molecule has 0 saturated carbocycles. The predicted octanol–water partition coefficient (Wildman–Crippen LogP) is 7.30. The summed E-state index contributed by atoms with van der Waals surface area (Å²) in [6.45, 7) is 3.05. The molecule has 0 unspecified atom stereocenters. The average Bonchev–Trinajstić information content (AvgIpc) is 3.45. The van der Waals surface area contributed by atoms with Gasteiger partial charge in [-0.15, -0.1) is 0 Å². The summed E-state index contributed by atoms with van der Waals surface area (Å²) in [6.07, 6.45) is 11.2. The Bertz CT molecular complexity index is 979. The first kappa shape index (κ1) is 21.6. The van der Waals surface area contributed by atoms with Crippen LogP contribution in [0, 0.1) is 0 Å². The molecule has 0 bridgehead atoms. The molecule has 1 aromatic heterocycles. The molecule has 1 aliphatic heterocycles. The van der Waals surface area contributed by atoms with Gasteiger partial charge in [-0.2, -0.15) is 0 Å². The number of hydrogen-bond acceptors (Lipinski definition) is 3. The minimum absolute atomic E-state index is 0.0235. The molecule has 4 heteroatoms. The number of oxazole rings is 1. The molecule has 0 aliphatic carbocycles. The summed E-state index contributed by atoms with van der Waals surface area (Å²) in [6, 6.07) is 16.4. The maximum atomic E-state index is 12.9. The second-order valence-electron chi connectivity index (χ2n) is 8.72. The number of hydrogen-bond donors (Lipinski definition) is 0. The summed E-state index contributed by atoms with van der Waals surface area (Å²) in [5, 5.41) is 0. The van der Waals surface area contributed by atoms with Crippen LogP contribution in [0.5, 0.6) is 0 Å². The number of carbonyl (C=O) groups is 1. The molecule has 0 N–H and O–H groups in total. The van der Waals surface area contributed by atoms with Gasteiger partial charge in [-0.1, -0.05) is 81.8 Å². The summed E-state index contributed by atoms with van der Waals surface area (Å²) in [5.74, 6) is 0.939. The van der Waals surface area contributed by atoms with Crippen molar-refractivity contribution < 1.29 is 9.21 Å². The van der Waals surface area contributed by atoms with E-state index >= 15 is 0 Å². The summed E-state index contributed by atoms with van der Waals surface area (Å²) in [5.41, 5.74) is 3.95.